The Labute approximate surface area is 132 Å². The Balaban J connectivity index is 1.93. The maximum absolute atomic E-state index is 13.9. The quantitative estimate of drug-likeness (QED) is 0.915. The van der Waals surface area contributed by atoms with E-state index in [0.717, 1.165) is 5.56 Å². The van der Waals surface area contributed by atoms with Gasteiger partial charge in [-0.15, -0.1) is 0 Å². The molecule has 0 radical (unpaired) electrons. The smallest absolute Gasteiger partial charge is 0.256 e. The highest BCUT2D eigenvalue weighted by Gasteiger charge is 2.22. The molecule has 0 atom stereocenters. The van der Waals surface area contributed by atoms with Crippen molar-refractivity contribution in [1.82, 2.24) is 4.98 Å². The van der Waals surface area contributed by atoms with Gasteiger partial charge in [0.25, 0.3) is 5.91 Å². The minimum absolute atomic E-state index is 0.157. The van der Waals surface area contributed by atoms with Crippen LogP contribution in [-0.4, -0.2) is 16.8 Å². The lowest BCUT2D eigenvalue weighted by Gasteiger charge is -2.21. The molecule has 0 spiro atoms. The van der Waals surface area contributed by atoms with Gasteiger partial charge in [-0.2, -0.15) is 0 Å². The second-order valence-electron chi connectivity index (χ2n) is 5.34. The first kappa shape index (κ1) is 15.1. The van der Waals surface area contributed by atoms with Gasteiger partial charge in [-0.1, -0.05) is 6.92 Å². The molecule has 0 aliphatic carbocycles. The Morgan fingerprint density at radius 3 is 2.96 bits per heavy atom. The van der Waals surface area contributed by atoms with E-state index in [1.165, 1.54) is 12.1 Å². The predicted molar refractivity (Wildman–Crippen MR) is 84.9 cm³/mol. The standard InChI is InChI=1S/C17H16FN3O2/c1-2-10-9-19-8-7-11(10)17(23)20-14-5-4-13(18)16-12(14)3-6-15(22)21-16/h4-5,7-9H,2-3,6H2,1H3,(H,20,23)(H,21,22). The summed E-state index contributed by atoms with van der Waals surface area (Å²) in [5.41, 5.74) is 2.68. The molecule has 2 heterocycles. The first-order valence-corrected chi connectivity index (χ1v) is 7.45. The number of aryl methyl sites for hydroxylation is 1. The number of aromatic nitrogens is 1. The molecular weight excluding hydrogens is 297 g/mol. The third-order valence-electron chi connectivity index (χ3n) is 3.91. The molecule has 1 aromatic heterocycles. The zero-order valence-electron chi connectivity index (χ0n) is 12.6. The summed E-state index contributed by atoms with van der Waals surface area (Å²) in [4.78, 5) is 28.0. The number of amides is 2. The van der Waals surface area contributed by atoms with E-state index >= 15 is 0 Å². The zero-order valence-corrected chi connectivity index (χ0v) is 12.6. The van der Waals surface area contributed by atoms with E-state index in [1.807, 2.05) is 6.92 Å². The summed E-state index contributed by atoms with van der Waals surface area (Å²) in [6, 6.07) is 4.43. The Morgan fingerprint density at radius 2 is 2.17 bits per heavy atom. The summed E-state index contributed by atoms with van der Waals surface area (Å²) in [6.45, 7) is 1.95. The van der Waals surface area contributed by atoms with Crippen LogP contribution in [0.2, 0.25) is 0 Å². The molecule has 5 nitrogen and oxygen atoms in total. The Bertz CT molecular complexity index is 789. The van der Waals surface area contributed by atoms with Crippen LogP contribution in [0.1, 0.15) is 34.8 Å². The van der Waals surface area contributed by atoms with E-state index in [9.17, 15) is 14.0 Å². The summed E-state index contributed by atoms with van der Waals surface area (Å²) in [5, 5.41) is 5.35. The average Bonchev–Trinajstić information content (AvgIpc) is 2.57. The normalized spacial score (nSPS) is 13.2. The molecule has 1 aromatic carbocycles. The van der Waals surface area contributed by atoms with Gasteiger partial charge in [0.05, 0.1) is 5.69 Å². The van der Waals surface area contributed by atoms with Crippen molar-refractivity contribution in [2.24, 2.45) is 0 Å². The molecule has 2 N–H and O–H groups in total. The zero-order chi connectivity index (χ0) is 16.4. The first-order chi connectivity index (χ1) is 11.1. The molecule has 118 valence electrons. The maximum Gasteiger partial charge on any atom is 0.256 e. The fourth-order valence-electron chi connectivity index (χ4n) is 2.69. The highest BCUT2D eigenvalue weighted by atomic mass is 19.1. The van der Waals surface area contributed by atoms with Crippen LogP contribution in [0, 0.1) is 5.82 Å². The molecule has 0 unspecified atom stereocenters. The van der Waals surface area contributed by atoms with Crippen molar-refractivity contribution in [2.45, 2.75) is 26.2 Å². The van der Waals surface area contributed by atoms with Crippen molar-refractivity contribution < 1.29 is 14.0 Å². The van der Waals surface area contributed by atoms with Crippen molar-refractivity contribution in [3.63, 3.8) is 0 Å². The third kappa shape index (κ3) is 2.92. The fourth-order valence-corrected chi connectivity index (χ4v) is 2.69. The van der Waals surface area contributed by atoms with E-state index in [4.69, 9.17) is 0 Å². The van der Waals surface area contributed by atoms with Gasteiger partial charge >= 0.3 is 0 Å². The van der Waals surface area contributed by atoms with Gasteiger partial charge in [0.2, 0.25) is 5.91 Å². The second kappa shape index (κ2) is 6.16. The number of fused-ring (bicyclic) bond motifs is 1. The van der Waals surface area contributed by atoms with E-state index in [2.05, 4.69) is 15.6 Å². The van der Waals surface area contributed by atoms with Crippen molar-refractivity contribution >= 4 is 23.2 Å². The number of hydrogen-bond donors (Lipinski definition) is 2. The Kier molecular flexibility index (Phi) is 4.06. The van der Waals surface area contributed by atoms with E-state index in [1.54, 1.807) is 18.5 Å². The van der Waals surface area contributed by atoms with Crippen molar-refractivity contribution in [3.8, 4) is 0 Å². The number of carbonyl (C=O) groups excluding carboxylic acids is 2. The van der Waals surface area contributed by atoms with Crippen LogP contribution >= 0.6 is 0 Å². The molecule has 1 aliphatic heterocycles. The van der Waals surface area contributed by atoms with Gasteiger partial charge in [-0.25, -0.2) is 4.39 Å². The molecule has 3 rings (SSSR count). The highest BCUT2D eigenvalue weighted by Crippen LogP contribution is 2.32. The van der Waals surface area contributed by atoms with Crippen LogP contribution in [-0.2, 0) is 17.6 Å². The molecule has 23 heavy (non-hydrogen) atoms. The molecule has 0 bridgehead atoms. The lowest BCUT2D eigenvalue weighted by Crippen LogP contribution is -2.23. The summed E-state index contributed by atoms with van der Waals surface area (Å²) in [7, 11) is 0. The van der Waals surface area contributed by atoms with E-state index in [-0.39, 0.29) is 23.9 Å². The summed E-state index contributed by atoms with van der Waals surface area (Å²) < 4.78 is 13.9. The number of benzene rings is 1. The van der Waals surface area contributed by atoms with E-state index < -0.39 is 5.82 Å². The van der Waals surface area contributed by atoms with Crippen LogP contribution in [0.25, 0.3) is 0 Å². The molecule has 1 aliphatic rings. The number of pyridine rings is 1. The van der Waals surface area contributed by atoms with Crippen LogP contribution in [0.15, 0.2) is 30.6 Å². The number of rotatable bonds is 3. The topological polar surface area (TPSA) is 71.1 Å². The number of nitrogens with one attached hydrogen (secondary N) is 2. The lowest BCUT2D eigenvalue weighted by atomic mass is 10.00. The van der Waals surface area contributed by atoms with Gasteiger partial charge in [-0.3, -0.25) is 14.6 Å². The number of halogens is 1. The first-order valence-electron chi connectivity index (χ1n) is 7.45. The number of carbonyl (C=O) groups is 2. The highest BCUT2D eigenvalue weighted by molar-refractivity contribution is 6.06. The SMILES string of the molecule is CCc1cnccc1C(=O)Nc1ccc(F)c2c1CCC(=O)N2. The predicted octanol–water partition coefficient (Wildman–Crippen LogP) is 2.92. The lowest BCUT2D eigenvalue weighted by molar-refractivity contribution is -0.116. The van der Waals surface area contributed by atoms with Crippen LogP contribution in [0.5, 0.6) is 0 Å². The minimum atomic E-state index is -0.496. The Morgan fingerprint density at radius 1 is 1.35 bits per heavy atom. The molecule has 2 aromatic rings. The number of hydrogen-bond acceptors (Lipinski definition) is 3. The van der Waals surface area contributed by atoms with Crippen molar-refractivity contribution in [2.75, 3.05) is 10.6 Å². The molecule has 0 fully saturated rings. The fraction of sp³-hybridized carbons (Fsp3) is 0.235. The van der Waals surface area contributed by atoms with Gasteiger partial charge in [0.1, 0.15) is 5.82 Å². The van der Waals surface area contributed by atoms with Crippen LogP contribution in [0.3, 0.4) is 0 Å². The summed E-state index contributed by atoms with van der Waals surface area (Å²) in [6.07, 6.45) is 4.58. The number of nitrogens with zero attached hydrogens (tertiary/aromatic N) is 1. The Hall–Kier alpha value is -2.76. The summed E-state index contributed by atoms with van der Waals surface area (Å²) >= 11 is 0. The molecule has 0 saturated heterocycles. The van der Waals surface area contributed by atoms with Gasteiger partial charge in [0, 0.05) is 35.6 Å². The van der Waals surface area contributed by atoms with Gasteiger partial charge in [0.15, 0.2) is 0 Å². The maximum atomic E-state index is 13.9. The van der Waals surface area contributed by atoms with Crippen LogP contribution < -0.4 is 10.6 Å². The minimum Gasteiger partial charge on any atom is -0.323 e. The van der Waals surface area contributed by atoms with Gasteiger partial charge in [-0.05, 0) is 36.6 Å². The monoisotopic (exact) mass is 313 g/mol. The molecule has 0 saturated carbocycles. The van der Waals surface area contributed by atoms with Gasteiger partial charge < -0.3 is 10.6 Å². The number of anilines is 2. The van der Waals surface area contributed by atoms with E-state index in [0.29, 0.717) is 29.7 Å². The molecular formula is C17H16FN3O2. The molecule has 6 heteroatoms. The molecule has 2 amide bonds. The second-order valence-corrected chi connectivity index (χ2v) is 5.34. The summed E-state index contributed by atoms with van der Waals surface area (Å²) in [5.74, 6) is -0.985. The third-order valence-corrected chi connectivity index (χ3v) is 3.91. The van der Waals surface area contributed by atoms with Crippen LogP contribution in [0.4, 0.5) is 15.8 Å². The average molecular weight is 313 g/mol. The van der Waals surface area contributed by atoms with Crippen molar-refractivity contribution in [3.05, 3.63) is 53.1 Å². The van der Waals surface area contributed by atoms with Crippen molar-refractivity contribution in [1.29, 1.82) is 0 Å². The largest absolute Gasteiger partial charge is 0.323 e.